The molecule has 5 nitrogen and oxygen atoms in total. The van der Waals surface area contributed by atoms with E-state index in [1.165, 1.54) is 5.56 Å². The van der Waals surface area contributed by atoms with Gasteiger partial charge in [-0.05, 0) is 64.6 Å². The predicted octanol–water partition coefficient (Wildman–Crippen LogP) is 5.78. The lowest BCUT2D eigenvalue weighted by molar-refractivity contribution is 0.253. The van der Waals surface area contributed by atoms with E-state index in [0.717, 1.165) is 34.4 Å². The number of methoxy groups -OCH3 is 1. The second-order valence-corrected chi connectivity index (χ2v) is 7.80. The van der Waals surface area contributed by atoms with E-state index in [9.17, 15) is 10.1 Å². The summed E-state index contributed by atoms with van der Waals surface area (Å²) in [6.45, 7) is 3.99. The van der Waals surface area contributed by atoms with Gasteiger partial charge in [0.15, 0.2) is 0 Å². The average Bonchev–Trinajstić information content (AvgIpc) is 3.15. The SMILES string of the molecule is C=CCNC(=O)Nc1cccc(C2=C(C#N)c3ccc(OC)cc3C2Cc2ccccc2)c1. The van der Waals surface area contributed by atoms with Gasteiger partial charge >= 0.3 is 6.03 Å². The summed E-state index contributed by atoms with van der Waals surface area (Å²) in [5.41, 5.74) is 6.37. The lowest BCUT2D eigenvalue weighted by Crippen LogP contribution is -2.28. The number of hydrogen-bond acceptors (Lipinski definition) is 3. The van der Waals surface area contributed by atoms with Crippen molar-refractivity contribution in [2.24, 2.45) is 0 Å². The number of urea groups is 1. The Labute approximate surface area is 194 Å². The highest BCUT2D eigenvalue weighted by Gasteiger charge is 2.33. The summed E-state index contributed by atoms with van der Waals surface area (Å²) in [7, 11) is 1.65. The maximum Gasteiger partial charge on any atom is 0.319 e. The van der Waals surface area contributed by atoms with Gasteiger partial charge in [0.2, 0.25) is 0 Å². The Bertz CT molecular complexity index is 1260. The second kappa shape index (κ2) is 9.88. The molecule has 1 aliphatic rings. The Morgan fingerprint density at radius 3 is 2.67 bits per heavy atom. The lowest BCUT2D eigenvalue weighted by atomic mass is 9.85. The molecule has 5 heteroatoms. The summed E-state index contributed by atoms with van der Waals surface area (Å²) < 4.78 is 5.48. The Morgan fingerprint density at radius 2 is 1.94 bits per heavy atom. The van der Waals surface area contributed by atoms with Gasteiger partial charge in [0.25, 0.3) is 0 Å². The molecule has 0 saturated carbocycles. The Balaban J connectivity index is 1.77. The molecule has 0 fully saturated rings. The minimum Gasteiger partial charge on any atom is -0.497 e. The summed E-state index contributed by atoms with van der Waals surface area (Å²) in [6.07, 6.45) is 2.37. The normalized spacial score (nSPS) is 14.2. The fourth-order valence-electron chi connectivity index (χ4n) is 4.29. The Kier molecular flexibility index (Phi) is 6.56. The first-order valence-electron chi connectivity index (χ1n) is 10.8. The molecule has 0 spiro atoms. The number of nitriles is 1. The van der Waals surface area contributed by atoms with E-state index < -0.39 is 0 Å². The van der Waals surface area contributed by atoms with Crippen LogP contribution in [0.1, 0.15) is 28.2 Å². The van der Waals surface area contributed by atoms with Crippen LogP contribution >= 0.6 is 0 Å². The van der Waals surface area contributed by atoms with Gasteiger partial charge in [-0.1, -0.05) is 48.5 Å². The van der Waals surface area contributed by atoms with Crippen molar-refractivity contribution in [1.82, 2.24) is 5.32 Å². The first-order valence-corrected chi connectivity index (χ1v) is 10.8. The van der Waals surface area contributed by atoms with E-state index >= 15 is 0 Å². The van der Waals surface area contributed by atoms with Crippen molar-refractivity contribution >= 4 is 22.9 Å². The highest BCUT2D eigenvalue weighted by atomic mass is 16.5. The molecule has 4 rings (SSSR count). The summed E-state index contributed by atoms with van der Waals surface area (Å²) in [5.74, 6) is 0.747. The van der Waals surface area contributed by atoms with Crippen LogP contribution < -0.4 is 15.4 Å². The number of rotatable bonds is 7. The lowest BCUT2D eigenvalue weighted by Gasteiger charge is -2.19. The van der Waals surface area contributed by atoms with Gasteiger partial charge in [-0.2, -0.15) is 5.26 Å². The van der Waals surface area contributed by atoms with Crippen molar-refractivity contribution < 1.29 is 9.53 Å². The molecule has 2 amide bonds. The fourth-order valence-corrected chi connectivity index (χ4v) is 4.29. The molecule has 33 heavy (non-hydrogen) atoms. The first-order chi connectivity index (χ1) is 16.1. The van der Waals surface area contributed by atoms with E-state index in [1.54, 1.807) is 13.2 Å². The summed E-state index contributed by atoms with van der Waals surface area (Å²) in [5, 5.41) is 15.7. The number of fused-ring (bicyclic) bond motifs is 1. The zero-order valence-electron chi connectivity index (χ0n) is 18.5. The number of anilines is 1. The summed E-state index contributed by atoms with van der Waals surface area (Å²) >= 11 is 0. The van der Waals surface area contributed by atoms with Crippen molar-refractivity contribution in [3.05, 3.63) is 108 Å². The molecule has 1 unspecified atom stereocenters. The standard InChI is InChI=1S/C28H25N3O2/c1-3-14-30-28(32)31-21-11-7-10-20(16-21)27-25(15-19-8-5-4-6-9-19)24-17-22(33-2)12-13-23(24)26(27)18-29/h3-13,16-17,25H,1,14-15H2,2H3,(H2,30,31,32). The number of benzene rings is 3. The third-order valence-electron chi connectivity index (χ3n) is 5.75. The first kappa shape index (κ1) is 21.9. The highest BCUT2D eigenvalue weighted by molar-refractivity contribution is 6.05. The Morgan fingerprint density at radius 1 is 1.12 bits per heavy atom. The number of carbonyl (C=O) groups excluding carboxylic acids is 1. The van der Waals surface area contributed by atoms with Crippen molar-refractivity contribution in [3.63, 3.8) is 0 Å². The molecule has 2 N–H and O–H groups in total. The van der Waals surface area contributed by atoms with E-state index in [4.69, 9.17) is 4.74 Å². The number of nitrogens with one attached hydrogen (secondary N) is 2. The fraction of sp³-hybridized carbons (Fsp3) is 0.143. The van der Waals surface area contributed by atoms with Crippen LogP contribution in [-0.2, 0) is 6.42 Å². The van der Waals surface area contributed by atoms with Gasteiger partial charge in [0, 0.05) is 18.2 Å². The topological polar surface area (TPSA) is 74.2 Å². The largest absolute Gasteiger partial charge is 0.497 e. The van der Waals surface area contributed by atoms with Crippen LogP contribution in [-0.4, -0.2) is 19.7 Å². The van der Waals surface area contributed by atoms with Crippen LogP contribution in [0.3, 0.4) is 0 Å². The molecular formula is C28H25N3O2. The highest BCUT2D eigenvalue weighted by Crippen LogP contribution is 2.49. The van der Waals surface area contributed by atoms with Gasteiger partial charge in [0.1, 0.15) is 11.8 Å². The van der Waals surface area contributed by atoms with Crippen molar-refractivity contribution in [1.29, 1.82) is 5.26 Å². The average molecular weight is 436 g/mol. The van der Waals surface area contributed by atoms with E-state index in [-0.39, 0.29) is 11.9 Å². The molecule has 164 valence electrons. The van der Waals surface area contributed by atoms with E-state index in [1.807, 2.05) is 60.7 Å². The van der Waals surface area contributed by atoms with Crippen LogP contribution in [0.4, 0.5) is 10.5 Å². The van der Waals surface area contributed by atoms with E-state index in [2.05, 4.69) is 35.4 Å². The molecular weight excluding hydrogens is 410 g/mol. The van der Waals surface area contributed by atoms with Crippen LogP contribution in [0, 0.1) is 11.3 Å². The number of amides is 2. The molecule has 0 radical (unpaired) electrons. The molecule has 1 aliphatic carbocycles. The number of ether oxygens (including phenoxy) is 1. The third kappa shape index (κ3) is 4.65. The molecule has 0 aliphatic heterocycles. The minimum atomic E-state index is -0.304. The van der Waals surface area contributed by atoms with Gasteiger partial charge in [-0.15, -0.1) is 6.58 Å². The smallest absolute Gasteiger partial charge is 0.319 e. The van der Waals surface area contributed by atoms with Gasteiger partial charge in [0.05, 0.1) is 12.7 Å². The zero-order chi connectivity index (χ0) is 23.2. The van der Waals surface area contributed by atoms with Crippen LogP contribution in [0.25, 0.3) is 11.1 Å². The van der Waals surface area contributed by atoms with Crippen molar-refractivity contribution in [2.75, 3.05) is 19.0 Å². The van der Waals surface area contributed by atoms with Crippen LogP contribution in [0.2, 0.25) is 0 Å². The number of hydrogen-bond donors (Lipinski definition) is 2. The summed E-state index contributed by atoms with van der Waals surface area (Å²) in [4.78, 5) is 12.1. The molecule has 1 atom stereocenters. The maximum atomic E-state index is 12.1. The number of allylic oxidation sites excluding steroid dienone is 2. The summed E-state index contributed by atoms with van der Waals surface area (Å²) in [6, 6.07) is 25.9. The molecule has 3 aromatic rings. The second-order valence-electron chi connectivity index (χ2n) is 7.80. The monoisotopic (exact) mass is 435 g/mol. The van der Waals surface area contributed by atoms with Crippen molar-refractivity contribution in [3.8, 4) is 11.8 Å². The van der Waals surface area contributed by atoms with Crippen LogP contribution in [0.15, 0.2) is 85.5 Å². The maximum absolute atomic E-state index is 12.1. The van der Waals surface area contributed by atoms with Gasteiger partial charge in [-0.3, -0.25) is 0 Å². The van der Waals surface area contributed by atoms with E-state index in [0.29, 0.717) is 17.8 Å². The quantitative estimate of drug-likeness (QED) is 0.462. The van der Waals surface area contributed by atoms with Gasteiger partial charge < -0.3 is 15.4 Å². The van der Waals surface area contributed by atoms with Crippen molar-refractivity contribution in [2.45, 2.75) is 12.3 Å². The molecule has 3 aromatic carbocycles. The van der Waals surface area contributed by atoms with Crippen LogP contribution in [0.5, 0.6) is 5.75 Å². The third-order valence-corrected chi connectivity index (χ3v) is 5.75. The number of nitrogens with zero attached hydrogens (tertiary/aromatic N) is 1. The molecule has 0 heterocycles. The number of carbonyl (C=O) groups is 1. The molecule has 0 aromatic heterocycles. The Hall–Kier alpha value is -4.30. The minimum absolute atomic E-state index is 0.0167. The van der Waals surface area contributed by atoms with Gasteiger partial charge in [-0.25, -0.2) is 4.79 Å². The predicted molar refractivity (Wildman–Crippen MR) is 132 cm³/mol. The zero-order valence-corrected chi connectivity index (χ0v) is 18.5. The molecule has 0 saturated heterocycles. The molecule has 0 bridgehead atoms.